The molecule has 0 heterocycles. The fourth-order valence-corrected chi connectivity index (χ4v) is 2.72. The van der Waals surface area contributed by atoms with Crippen LogP contribution in [0.5, 0.6) is 11.5 Å². The second-order valence-electron chi connectivity index (χ2n) is 6.23. The number of aromatic hydroxyl groups is 1. The fraction of sp³-hybridized carbons (Fsp3) is 0.0909. The Morgan fingerprint density at radius 1 is 0.964 bits per heavy atom. The number of amides is 1. The van der Waals surface area contributed by atoms with Gasteiger partial charge in [-0.15, -0.1) is 0 Å². The summed E-state index contributed by atoms with van der Waals surface area (Å²) in [4.78, 5) is 22.1. The molecule has 28 heavy (non-hydrogen) atoms. The first-order chi connectivity index (χ1) is 13.4. The van der Waals surface area contributed by atoms with E-state index in [4.69, 9.17) is 9.84 Å². The van der Waals surface area contributed by atoms with Crippen LogP contribution in [0.15, 0.2) is 66.7 Å². The largest absolute Gasteiger partial charge is 0.507 e. The maximum Gasteiger partial charge on any atom is 0.339 e. The predicted molar refractivity (Wildman–Crippen MR) is 106 cm³/mol. The zero-order chi connectivity index (χ0) is 20.1. The van der Waals surface area contributed by atoms with Gasteiger partial charge in [0.25, 0.3) is 0 Å². The monoisotopic (exact) mass is 377 g/mol. The summed E-state index contributed by atoms with van der Waals surface area (Å²) in [6.45, 7) is 1.74. The van der Waals surface area contributed by atoms with Crippen molar-refractivity contribution in [3.63, 3.8) is 0 Å². The van der Waals surface area contributed by atoms with Gasteiger partial charge in [-0.2, -0.15) is 0 Å². The Bertz CT molecular complexity index is 1010. The number of aromatic carboxylic acids is 1. The van der Waals surface area contributed by atoms with E-state index in [9.17, 15) is 14.7 Å². The van der Waals surface area contributed by atoms with Gasteiger partial charge in [0.05, 0.1) is 0 Å². The first kappa shape index (κ1) is 19.0. The van der Waals surface area contributed by atoms with E-state index in [1.165, 1.54) is 25.1 Å². The first-order valence-corrected chi connectivity index (χ1v) is 8.58. The lowest BCUT2D eigenvalue weighted by molar-refractivity contribution is -0.114. The minimum Gasteiger partial charge on any atom is -0.507 e. The Morgan fingerprint density at radius 3 is 2.36 bits per heavy atom. The van der Waals surface area contributed by atoms with Gasteiger partial charge in [0.1, 0.15) is 23.7 Å². The summed E-state index contributed by atoms with van der Waals surface area (Å²) in [6.07, 6.45) is 0. The third-order valence-electron chi connectivity index (χ3n) is 4.08. The minimum atomic E-state index is -1.19. The maximum absolute atomic E-state index is 11.2. The van der Waals surface area contributed by atoms with Crippen LogP contribution in [-0.2, 0) is 11.4 Å². The number of carbonyl (C=O) groups is 2. The van der Waals surface area contributed by atoms with Crippen molar-refractivity contribution >= 4 is 17.6 Å². The number of nitrogens with one attached hydrogen (secondary N) is 1. The van der Waals surface area contributed by atoms with E-state index in [1.54, 1.807) is 0 Å². The molecule has 0 aliphatic rings. The number of carboxylic acids is 1. The van der Waals surface area contributed by atoms with Crippen LogP contribution in [0.4, 0.5) is 5.69 Å². The molecule has 3 aromatic rings. The van der Waals surface area contributed by atoms with Crippen LogP contribution in [-0.4, -0.2) is 22.1 Å². The number of anilines is 1. The number of phenols is 1. The lowest BCUT2D eigenvalue weighted by Gasteiger charge is -2.09. The summed E-state index contributed by atoms with van der Waals surface area (Å²) in [7, 11) is 0. The molecule has 0 atom stereocenters. The smallest absolute Gasteiger partial charge is 0.339 e. The van der Waals surface area contributed by atoms with Crippen LogP contribution in [0, 0.1) is 0 Å². The summed E-state index contributed by atoms with van der Waals surface area (Å²) < 4.78 is 5.62. The zero-order valence-electron chi connectivity index (χ0n) is 15.2. The van der Waals surface area contributed by atoms with Crippen molar-refractivity contribution in [3.05, 3.63) is 77.9 Å². The van der Waals surface area contributed by atoms with Crippen LogP contribution >= 0.6 is 0 Å². The third-order valence-corrected chi connectivity index (χ3v) is 4.08. The molecule has 1 amide bonds. The molecule has 0 saturated carbocycles. The topological polar surface area (TPSA) is 95.9 Å². The SMILES string of the molecule is CC(=O)Nc1cccc(-c2ccc(COc3ccc(C(=O)O)c(O)c3)cc2)c1. The van der Waals surface area contributed by atoms with E-state index in [2.05, 4.69) is 5.32 Å². The number of benzene rings is 3. The second kappa shape index (κ2) is 8.26. The lowest BCUT2D eigenvalue weighted by atomic mass is 10.0. The summed E-state index contributed by atoms with van der Waals surface area (Å²) >= 11 is 0. The van der Waals surface area contributed by atoms with Crippen molar-refractivity contribution in [1.82, 2.24) is 0 Å². The van der Waals surface area contributed by atoms with Crippen LogP contribution in [0.3, 0.4) is 0 Å². The molecule has 0 spiro atoms. The number of hydrogen-bond acceptors (Lipinski definition) is 4. The summed E-state index contributed by atoms with van der Waals surface area (Å²) in [5.74, 6) is -1.26. The lowest BCUT2D eigenvalue weighted by Crippen LogP contribution is -2.05. The molecule has 3 N–H and O–H groups in total. The van der Waals surface area contributed by atoms with Gasteiger partial charge in [0, 0.05) is 18.7 Å². The Labute approximate surface area is 162 Å². The van der Waals surface area contributed by atoms with Crippen LogP contribution in [0.1, 0.15) is 22.8 Å². The summed E-state index contributed by atoms with van der Waals surface area (Å²) in [5, 5.41) is 21.4. The first-order valence-electron chi connectivity index (χ1n) is 8.58. The summed E-state index contributed by atoms with van der Waals surface area (Å²) in [5.41, 5.74) is 3.47. The summed E-state index contributed by atoms with van der Waals surface area (Å²) in [6, 6.07) is 19.4. The van der Waals surface area contributed by atoms with E-state index < -0.39 is 5.97 Å². The molecule has 0 radical (unpaired) electrons. The number of ether oxygens (including phenoxy) is 1. The molecule has 0 unspecified atom stereocenters. The Kier molecular flexibility index (Phi) is 5.60. The van der Waals surface area contributed by atoms with E-state index in [-0.39, 0.29) is 23.8 Å². The normalized spacial score (nSPS) is 10.3. The van der Waals surface area contributed by atoms with Gasteiger partial charge in [0.15, 0.2) is 0 Å². The molecular weight excluding hydrogens is 358 g/mol. The highest BCUT2D eigenvalue weighted by molar-refractivity contribution is 5.91. The molecule has 0 aliphatic heterocycles. The van der Waals surface area contributed by atoms with Gasteiger partial charge < -0.3 is 20.3 Å². The molecule has 6 heteroatoms. The van der Waals surface area contributed by atoms with E-state index in [0.717, 1.165) is 22.4 Å². The molecule has 0 saturated heterocycles. The van der Waals surface area contributed by atoms with Crippen molar-refractivity contribution in [2.75, 3.05) is 5.32 Å². The highest BCUT2D eigenvalue weighted by atomic mass is 16.5. The minimum absolute atomic E-state index is 0.118. The average molecular weight is 377 g/mol. The van der Waals surface area contributed by atoms with Crippen LogP contribution in [0.2, 0.25) is 0 Å². The average Bonchev–Trinajstić information content (AvgIpc) is 2.66. The van der Waals surface area contributed by atoms with Gasteiger partial charge in [-0.3, -0.25) is 4.79 Å². The molecule has 3 aromatic carbocycles. The highest BCUT2D eigenvalue weighted by Gasteiger charge is 2.10. The molecule has 3 rings (SSSR count). The highest BCUT2D eigenvalue weighted by Crippen LogP contribution is 2.26. The second-order valence-corrected chi connectivity index (χ2v) is 6.23. The van der Waals surface area contributed by atoms with E-state index >= 15 is 0 Å². The predicted octanol–water partition coefficient (Wildman–Crippen LogP) is 4.29. The number of rotatable bonds is 6. The van der Waals surface area contributed by atoms with Crippen molar-refractivity contribution in [2.45, 2.75) is 13.5 Å². The number of carbonyl (C=O) groups excluding carboxylic acids is 1. The maximum atomic E-state index is 11.2. The van der Waals surface area contributed by atoms with Gasteiger partial charge >= 0.3 is 5.97 Å². The molecule has 0 aromatic heterocycles. The zero-order valence-corrected chi connectivity index (χ0v) is 15.2. The molecule has 0 fully saturated rings. The molecular formula is C22H19NO5. The van der Waals surface area contributed by atoms with E-state index in [1.807, 2.05) is 48.5 Å². The van der Waals surface area contributed by atoms with Crippen molar-refractivity contribution in [3.8, 4) is 22.6 Å². The Morgan fingerprint density at radius 2 is 1.71 bits per heavy atom. The molecule has 142 valence electrons. The molecule has 6 nitrogen and oxygen atoms in total. The fourth-order valence-electron chi connectivity index (χ4n) is 2.72. The standard InChI is InChI=1S/C22H19NO5/c1-14(24)23-18-4-2-3-17(11-18)16-7-5-15(6-8-16)13-28-19-9-10-20(22(26)27)21(25)12-19/h2-12,25H,13H2,1H3,(H,23,24)(H,26,27). The molecule has 0 aliphatic carbocycles. The van der Waals surface area contributed by atoms with E-state index in [0.29, 0.717) is 5.75 Å². The third kappa shape index (κ3) is 4.67. The van der Waals surface area contributed by atoms with Crippen molar-refractivity contribution in [1.29, 1.82) is 0 Å². The number of carboxylic acid groups (broad SMARTS) is 1. The Balaban J connectivity index is 1.67. The Hall–Kier alpha value is -3.80. The van der Waals surface area contributed by atoms with Crippen LogP contribution < -0.4 is 10.1 Å². The molecule has 0 bridgehead atoms. The van der Waals surface area contributed by atoms with Gasteiger partial charge in [-0.25, -0.2) is 4.79 Å². The van der Waals surface area contributed by atoms with Crippen LogP contribution in [0.25, 0.3) is 11.1 Å². The van der Waals surface area contributed by atoms with Gasteiger partial charge in [-0.05, 0) is 41.0 Å². The van der Waals surface area contributed by atoms with Crippen molar-refractivity contribution in [2.24, 2.45) is 0 Å². The van der Waals surface area contributed by atoms with Crippen molar-refractivity contribution < 1.29 is 24.5 Å². The van der Waals surface area contributed by atoms with Gasteiger partial charge in [-0.1, -0.05) is 36.4 Å². The van der Waals surface area contributed by atoms with Gasteiger partial charge in [0.2, 0.25) is 5.91 Å². The quantitative estimate of drug-likeness (QED) is 0.595. The number of hydrogen-bond donors (Lipinski definition) is 3.